The third kappa shape index (κ3) is 1.86. The summed E-state index contributed by atoms with van der Waals surface area (Å²) >= 11 is 0. The number of benzene rings is 1. The summed E-state index contributed by atoms with van der Waals surface area (Å²) in [6.07, 6.45) is 0. The zero-order valence-electron chi connectivity index (χ0n) is 12.0. The molecule has 2 aromatic heterocycles. The number of imide groups is 1. The first-order valence-electron chi connectivity index (χ1n) is 6.91. The number of rotatable bonds is 1. The van der Waals surface area contributed by atoms with Crippen LogP contribution in [0.15, 0.2) is 50.4 Å². The minimum atomic E-state index is -0.647. The number of nitrogens with one attached hydrogen (secondary N) is 1. The van der Waals surface area contributed by atoms with Gasteiger partial charge in [0.15, 0.2) is 0 Å². The van der Waals surface area contributed by atoms with Crippen molar-refractivity contribution in [3.8, 4) is 5.69 Å². The second-order valence-electron chi connectivity index (χ2n) is 5.25. The third-order valence-electron chi connectivity index (χ3n) is 3.81. The van der Waals surface area contributed by atoms with Gasteiger partial charge in [-0.1, -0.05) is 0 Å². The predicted octanol–water partition coefficient (Wildman–Crippen LogP) is 0.410. The molecule has 3 aromatic rings. The molecule has 24 heavy (non-hydrogen) atoms. The highest BCUT2D eigenvalue weighted by Gasteiger charge is 2.31. The van der Waals surface area contributed by atoms with Crippen molar-refractivity contribution in [2.75, 3.05) is 5.73 Å². The molecule has 2 amide bonds. The van der Waals surface area contributed by atoms with Crippen molar-refractivity contribution >= 4 is 28.6 Å². The van der Waals surface area contributed by atoms with Crippen LogP contribution in [0.1, 0.15) is 20.7 Å². The Morgan fingerprint density at radius 1 is 0.958 bits per heavy atom. The van der Waals surface area contributed by atoms with Crippen LogP contribution in [-0.4, -0.2) is 16.4 Å². The fourth-order valence-corrected chi connectivity index (χ4v) is 2.74. The van der Waals surface area contributed by atoms with E-state index in [0.717, 1.165) is 10.6 Å². The largest absolute Gasteiger partial charge is 0.423 e. The van der Waals surface area contributed by atoms with Gasteiger partial charge in [-0.3, -0.25) is 24.3 Å². The van der Waals surface area contributed by atoms with E-state index in [1.165, 1.54) is 18.2 Å². The minimum Gasteiger partial charge on any atom is -0.423 e. The van der Waals surface area contributed by atoms with Crippen LogP contribution >= 0.6 is 0 Å². The van der Waals surface area contributed by atoms with E-state index in [-0.39, 0.29) is 16.9 Å². The lowest BCUT2D eigenvalue weighted by Gasteiger charge is -2.12. The Kier molecular flexibility index (Phi) is 2.71. The summed E-state index contributed by atoms with van der Waals surface area (Å²) in [5.74, 6) is -1.42. The van der Waals surface area contributed by atoms with Crippen molar-refractivity contribution in [3.05, 3.63) is 68.3 Å². The van der Waals surface area contributed by atoms with Gasteiger partial charge in [0, 0.05) is 17.5 Å². The van der Waals surface area contributed by atoms with Crippen LogP contribution in [0.5, 0.6) is 0 Å². The number of nitrogens with two attached hydrogens (primary N) is 1. The van der Waals surface area contributed by atoms with Gasteiger partial charge in [-0.25, -0.2) is 4.79 Å². The van der Waals surface area contributed by atoms with Gasteiger partial charge in [0.25, 0.3) is 17.4 Å². The van der Waals surface area contributed by atoms with Gasteiger partial charge in [-0.15, -0.1) is 0 Å². The molecule has 0 radical (unpaired) electrons. The first kappa shape index (κ1) is 13.9. The molecule has 8 nitrogen and oxygen atoms in total. The molecular weight excluding hydrogens is 314 g/mol. The molecule has 0 spiro atoms. The van der Waals surface area contributed by atoms with Crippen LogP contribution in [0, 0.1) is 0 Å². The highest BCUT2D eigenvalue weighted by Crippen LogP contribution is 2.24. The number of amides is 2. The molecule has 3 heterocycles. The quantitative estimate of drug-likeness (QED) is 0.493. The van der Waals surface area contributed by atoms with E-state index >= 15 is 0 Å². The fourth-order valence-electron chi connectivity index (χ4n) is 2.74. The van der Waals surface area contributed by atoms with Crippen molar-refractivity contribution in [2.45, 2.75) is 0 Å². The monoisotopic (exact) mass is 323 g/mol. The topological polar surface area (TPSA) is 124 Å². The van der Waals surface area contributed by atoms with Crippen LogP contribution in [0.3, 0.4) is 0 Å². The number of fused-ring (bicyclic) bond motifs is 2. The first-order chi connectivity index (χ1) is 11.5. The van der Waals surface area contributed by atoms with Gasteiger partial charge >= 0.3 is 5.63 Å². The van der Waals surface area contributed by atoms with Gasteiger partial charge in [-0.05, 0) is 24.3 Å². The normalized spacial score (nSPS) is 13.2. The number of nitrogen functional groups attached to an aromatic ring is 1. The lowest BCUT2D eigenvalue weighted by molar-refractivity contribution is 0.0880. The number of carbonyl (C=O) groups is 2. The molecule has 118 valence electrons. The highest BCUT2D eigenvalue weighted by molar-refractivity contribution is 6.23. The van der Waals surface area contributed by atoms with Crippen LogP contribution < -0.4 is 22.2 Å². The minimum absolute atomic E-state index is 0.0284. The van der Waals surface area contributed by atoms with E-state index < -0.39 is 23.0 Å². The summed E-state index contributed by atoms with van der Waals surface area (Å²) in [5.41, 5.74) is 5.60. The van der Waals surface area contributed by atoms with Gasteiger partial charge < -0.3 is 10.2 Å². The zero-order valence-corrected chi connectivity index (χ0v) is 12.0. The SMILES string of the molecule is Nc1c2c(cc(=O)n1-c1ccc3oc(=O)ccc3c1)C(=O)NC2=O. The van der Waals surface area contributed by atoms with E-state index in [4.69, 9.17) is 10.2 Å². The van der Waals surface area contributed by atoms with Crippen LogP contribution in [0.4, 0.5) is 5.82 Å². The second-order valence-corrected chi connectivity index (χ2v) is 5.25. The van der Waals surface area contributed by atoms with Gasteiger partial charge in [0.2, 0.25) is 0 Å². The summed E-state index contributed by atoms with van der Waals surface area (Å²) in [5, 5.41) is 2.69. The van der Waals surface area contributed by atoms with E-state index in [1.54, 1.807) is 12.1 Å². The highest BCUT2D eigenvalue weighted by atomic mass is 16.4. The van der Waals surface area contributed by atoms with Gasteiger partial charge in [0.05, 0.1) is 16.8 Å². The van der Waals surface area contributed by atoms with E-state index in [9.17, 15) is 19.2 Å². The lowest BCUT2D eigenvalue weighted by Crippen LogP contribution is -2.24. The molecule has 1 aliphatic rings. The molecule has 1 aliphatic heterocycles. The van der Waals surface area contributed by atoms with E-state index in [2.05, 4.69) is 5.32 Å². The average molecular weight is 323 g/mol. The number of pyridine rings is 1. The maximum Gasteiger partial charge on any atom is 0.336 e. The molecule has 0 unspecified atom stereocenters. The Balaban J connectivity index is 2.01. The van der Waals surface area contributed by atoms with Crippen molar-refractivity contribution in [3.63, 3.8) is 0 Å². The van der Waals surface area contributed by atoms with Crippen LogP contribution in [-0.2, 0) is 0 Å². The molecule has 0 saturated heterocycles. The number of anilines is 1. The summed E-state index contributed by atoms with van der Waals surface area (Å²) < 4.78 is 6.16. The number of aromatic nitrogens is 1. The Hall–Kier alpha value is -3.68. The number of hydrogen-bond acceptors (Lipinski definition) is 6. The summed E-state index contributed by atoms with van der Waals surface area (Å²) in [4.78, 5) is 47.1. The molecule has 0 fully saturated rings. The molecule has 4 rings (SSSR count). The van der Waals surface area contributed by atoms with Gasteiger partial charge in [-0.2, -0.15) is 0 Å². The van der Waals surface area contributed by atoms with Crippen LogP contribution in [0.25, 0.3) is 16.7 Å². The van der Waals surface area contributed by atoms with Crippen molar-refractivity contribution in [1.29, 1.82) is 0 Å². The molecule has 8 heteroatoms. The van der Waals surface area contributed by atoms with Crippen molar-refractivity contribution in [1.82, 2.24) is 9.88 Å². The molecule has 3 N–H and O–H groups in total. The second kappa shape index (κ2) is 4.66. The van der Waals surface area contributed by atoms with E-state index in [0.29, 0.717) is 16.7 Å². The Morgan fingerprint density at radius 3 is 2.54 bits per heavy atom. The molecule has 0 atom stereocenters. The number of carbonyl (C=O) groups excluding carboxylic acids is 2. The Morgan fingerprint density at radius 2 is 1.75 bits per heavy atom. The maximum atomic E-state index is 12.4. The van der Waals surface area contributed by atoms with Crippen molar-refractivity contribution in [2.24, 2.45) is 0 Å². The summed E-state index contributed by atoms with van der Waals surface area (Å²) in [6.45, 7) is 0. The summed E-state index contributed by atoms with van der Waals surface area (Å²) in [6, 6.07) is 8.53. The molecule has 1 aromatic carbocycles. The predicted molar refractivity (Wildman–Crippen MR) is 84.3 cm³/mol. The molecule has 0 aliphatic carbocycles. The van der Waals surface area contributed by atoms with E-state index in [1.807, 2.05) is 0 Å². The lowest BCUT2D eigenvalue weighted by atomic mass is 10.1. The zero-order chi connectivity index (χ0) is 17.0. The van der Waals surface area contributed by atoms with Crippen LogP contribution in [0.2, 0.25) is 0 Å². The molecule has 0 bridgehead atoms. The standard InChI is InChI=1S/C16H9N3O5/c17-14-13-9(15(22)18-16(13)23)6-11(20)19(14)8-2-3-10-7(5-8)1-4-12(21)24-10/h1-6H,17H2,(H,18,22,23). The molecule has 0 saturated carbocycles. The third-order valence-corrected chi connectivity index (χ3v) is 3.81. The maximum absolute atomic E-state index is 12.4. The van der Waals surface area contributed by atoms with Gasteiger partial charge in [0.1, 0.15) is 11.4 Å². The number of nitrogens with zero attached hydrogens (tertiary/aromatic N) is 1. The Bertz CT molecular complexity index is 1170. The first-order valence-corrected chi connectivity index (χ1v) is 6.91. The molecular formula is C16H9N3O5. The average Bonchev–Trinajstić information content (AvgIpc) is 2.81. The smallest absolute Gasteiger partial charge is 0.336 e. The fraction of sp³-hybridized carbons (Fsp3) is 0. The Labute approximate surface area is 133 Å². The van der Waals surface area contributed by atoms with Crippen molar-refractivity contribution < 1.29 is 14.0 Å². The summed E-state index contributed by atoms with van der Waals surface area (Å²) in [7, 11) is 0. The number of hydrogen-bond donors (Lipinski definition) is 2.